The highest BCUT2D eigenvalue weighted by atomic mass is 32.2. The molecule has 0 radical (unpaired) electrons. The lowest BCUT2D eigenvalue weighted by atomic mass is 10.1. The number of hydrogen-bond acceptors (Lipinski definition) is 6. The van der Waals surface area contributed by atoms with Gasteiger partial charge >= 0.3 is 0 Å². The van der Waals surface area contributed by atoms with Gasteiger partial charge in [0.1, 0.15) is 13.2 Å². The van der Waals surface area contributed by atoms with Crippen molar-refractivity contribution in [2.24, 2.45) is 0 Å². The number of benzene rings is 2. The molecule has 2 heterocycles. The second-order valence-electron chi connectivity index (χ2n) is 7.75. The van der Waals surface area contributed by atoms with Crippen LogP contribution in [0.2, 0.25) is 0 Å². The van der Waals surface area contributed by atoms with E-state index in [2.05, 4.69) is 0 Å². The average molecular weight is 473 g/mol. The van der Waals surface area contributed by atoms with E-state index in [1.807, 2.05) is 25.1 Å². The van der Waals surface area contributed by atoms with Crippen LogP contribution in [0.4, 0.5) is 0 Å². The van der Waals surface area contributed by atoms with Gasteiger partial charge in [-0.25, -0.2) is 8.42 Å². The number of carbonyl (C=O) groups excluding carboxylic acids is 1. The molecular formula is C24H28N2O6S. The maximum atomic E-state index is 12.7. The normalized spacial score (nSPS) is 16.6. The highest BCUT2D eigenvalue weighted by Crippen LogP contribution is 2.31. The topological polar surface area (TPSA) is 85.4 Å². The average Bonchev–Trinajstić information content (AvgIpc) is 2.86. The monoisotopic (exact) mass is 472 g/mol. The summed E-state index contributed by atoms with van der Waals surface area (Å²) in [5.74, 6) is 1.29. The molecule has 0 bridgehead atoms. The van der Waals surface area contributed by atoms with Crippen molar-refractivity contribution in [3.63, 3.8) is 0 Å². The smallest absolute Gasteiger partial charge is 0.246 e. The first-order chi connectivity index (χ1) is 16.0. The number of sulfonamides is 1. The summed E-state index contributed by atoms with van der Waals surface area (Å²) in [6.07, 6.45) is 3.20. The molecule has 9 heteroatoms. The van der Waals surface area contributed by atoms with Gasteiger partial charge in [0.2, 0.25) is 15.9 Å². The largest absolute Gasteiger partial charge is 0.486 e. The lowest BCUT2D eigenvalue weighted by Crippen LogP contribution is -2.40. The summed E-state index contributed by atoms with van der Waals surface area (Å²) in [7, 11) is -3.53. The standard InChI is InChI=1S/C24H28N2O6S/c1-2-25(18-20-5-9-22-23(17-20)32-16-15-31-22)24(27)10-6-19-3-7-21(8-4-19)33(28,29)26-11-13-30-14-12-26/h3-10,17H,2,11-16,18H2,1H3. The molecule has 1 fully saturated rings. The summed E-state index contributed by atoms with van der Waals surface area (Å²) >= 11 is 0. The van der Waals surface area contributed by atoms with Crippen LogP contribution in [-0.2, 0) is 26.1 Å². The summed E-state index contributed by atoms with van der Waals surface area (Å²) in [5, 5.41) is 0. The zero-order valence-corrected chi connectivity index (χ0v) is 19.4. The molecule has 1 amide bonds. The van der Waals surface area contributed by atoms with Gasteiger partial charge in [0, 0.05) is 32.3 Å². The van der Waals surface area contributed by atoms with Gasteiger partial charge in [-0.05, 0) is 48.4 Å². The molecule has 0 aromatic heterocycles. The Labute approximate surface area is 194 Å². The van der Waals surface area contributed by atoms with Crippen molar-refractivity contribution in [3.8, 4) is 11.5 Å². The zero-order valence-electron chi connectivity index (χ0n) is 18.6. The van der Waals surface area contributed by atoms with Gasteiger partial charge in [0.15, 0.2) is 11.5 Å². The highest BCUT2D eigenvalue weighted by molar-refractivity contribution is 7.89. The van der Waals surface area contributed by atoms with Crippen molar-refractivity contribution in [1.29, 1.82) is 0 Å². The fourth-order valence-corrected chi connectivity index (χ4v) is 5.12. The van der Waals surface area contributed by atoms with Crippen molar-refractivity contribution in [1.82, 2.24) is 9.21 Å². The molecule has 176 valence electrons. The number of morpholine rings is 1. The molecule has 0 saturated carbocycles. The highest BCUT2D eigenvalue weighted by Gasteiger charge is 2.26. The second-order valence-corrected chi connectivity index (χ2v) is 9.69. The van der Waals surface area contributed by atoms with Crippen molar-refractivity contribution in [2.75, 3.05) is 46.1 Å². The Morgan fingerprint density at radius 2 is 1.70 bits per heavy atom. The summed E-state index contributed by atoms with van der Waals surface area (Å²) < 4.78 is 43.3. The summed E-state index contributed by atoms with van der Waals surface area (Å²) in [4.78, 5) is 14.7. The summed E-state index contributed by atoms with van der Waals surface area (Å²) in [6, 6.07) is 12.2. The molecule has 8 nitrogen and oxygen atoms in total. The Morgan fingerprint density at radius 3 is 2.39 bits per heavy atom. The zero-order chi connectivity index (χ0) is 23.3. The van der Waals surface area contributed by atoms with E-state index < -0.39 is 10.0 Å². The van der Waals surface area contributed by atoms with E-state index >= 15 is 0 Å². The molecule has 0 aliphatic carbocycles. The van der Waals surface area contributed by atoms with Gasteiger partial charge in [0.25, 0.3) is 0 Å². The SMILES string of the molecule is CCN(Cc1ccc2c(c1)OCCO2)C(=O)C=Cc1ccc(S(=O)(=O)N2CCOCC2)cc1. The maximum absolute atomic E-state index is 12.7. The molecule has 0 spiro atoms. The van der Waals surface area contributed by atoms with Crippen molar-refractivity contribution >= 4 is 22.0 Å². The predicted molar refractivity (Wildman–Crippen MR) is 124 cm³/mol. The molecule has 2 aromatic carbocycles. The fraction of sp³-hybridized carbons (Fsp3) is 0.375. The Balaban J connectivity index is 1.39. The Morgan fingerprint density at radius 1 is 1.00 bits per heavy atom. The number of amides is 1. The molecule has 0 atom stereocenters. The number of rotatable bonds is 7. The summed E-state index contributed by atoms with van der Waals surface area (Å²) in [5.41, 5.74) is 1.71. The maximum Gasteiger partial charge on any atom is 0.246 e. The fourth-order valence-electron chi connectivity index (χ4n) is 3.71. The van der Waals surface area contributed by atoms with Crippen LogP contribution >= 0.6 is 0 Å². The molecule has 0 N–H and O–H groups in total. The van der Waals surface area contributed by atoms with Crippen LogP contribution in [0.15, 0.2) is 53.4 Å². The minimum atomic E-state index is -3.53. The Hall–Kier alpha value is -2.88. The first-order valence-corrected chi connectivity index (χ1v) is 12.4. The molecule has 4 rings (SSSR count). The molecule has 2 aliphatic rings. The van der Waals surface area contributed by atoms with Crippen molar-refractivity contribution in [2.45, 2.75) is 18.4 Å². The quantitative estimate of drug-likeness (QED) is 0.576. The van der Waals surface area contributed by atoms with E-state index in [1.54, 1.807) is 35.2 Å². The number of nitrogens with zero attached hydrogens (tertiary/aromatic N) is 2. The van der Waals surface area contributed by atoms with E-state index in [1.165, 1.54) is 10.4 Å². The Bertz CT molecular complexity index is 1110. The molecular weight excluding hydrogens is 444 g/mol. The number of likely N-dealkylation sites (N-methyl/N-ethyl adjacent to an activating group) is 1. The molecule has 2 aromatic rings. The molecule has 2 aliphatic heterocycles. The van der Waals surface area contributed by atoms with Gasteiger partial charge < -0.3 is 19.1 Å². The van der Waals surface area contributed by atoms with Crippen LogP contribution < -0.4 is 9.47 Å². The van der Waals surface area contributed by atoms with Crippen LogP contribution in [0.3, 0.4) is 0 Å². The molecule has 33 heavy (non-hydrogen) atoms. The van der Waals surface area contributed by atoms with Gasteiger partial charge in [0.05, 0.1) is 18.1 Å². The number of carbonyl (C=O) groups is 1. The van der Waals surface area contributed by atoms with E-state index in [0.29, 0.717) is 58.4 Å². The van der Waals surface area contributed by atoms with E-state index in [4.69, 9.17) is 14.2 Å². The van der Waals surface area contributed by atoms with Crippen LogP contribution in [0.1, 0.15) is 18.1 Å². The minimum Gasteiger partial charge on any atom is -0.486 e. The number of ether oxygens (including phenoxy) is 3. The van der Waals surface area contributed by atoms with Crippen molar-refractivity contribution < 1.29 is 27.4 Å². The third-order valence-electron chi connectivity index (χ3n) is 5.58. The third kappa shape index (κ3) is 5.55. The Kier molecular flexibility index (Phi) is 7.32. The summed E-state index contributed by atoms with van der Waals surface area (Å²) in [6.45, 7) is 5.50. The van der Waals surface area contributed by atoms with Crippen LogP contribution in [-0.4, -0.2) is 69.6 Å². The van der Waals surface area contributed by atoms with Crippen LogP contribution in [0.5, 0.6) is 11.5 Å². The third-order valence-corrected chi connectivity index (χ3v) is 7.49. The first-order valence-electron chi connectivity index (χ1n) is 11.0. The van der Waals surface area contributed by atoms with Crippen molar-refractivity contribution in [3.05, 3.63) is 59.7 Å². The van der Waals surface area contributed by atoms with Gasteiger partial charge in [-0.2, -0.15) is 4.31 Å². The van der Waals surface area contributed by atoms with E-state index in [9.17, 15) is 13.2 Å². The van der Waals surface area contributed by atoms with Gasteiger partial charge in [-0.1, -0.05) is 18.2 Å². The van der Waals surface area contributed by atoms with E-state index in [0.717, 1.165) is 16.9 Å². The lowest BCUT2D eigenvalue weighted by molar-refractivity contribution is -0.126. The molecule has 1 saturated heterocycles. The van der Waals surface area contributed by atoms with Crippen LogP contribution in [0.25, 0.3) is 6.08 Å². The van der Waals surface area contributed by atoms with Gasteiger partial charge in [-0.15, -0.1) is 0 Å². The lowest BCUT2D eigenvalue weighted by Gasteiger charge is -2.26. The second kappa shape index (κ2) is 10.4. The molecule has 0 unspecified atom stereocenters. The predicted octanol–water partition coefficient (Wildman–Crippen LogP) is 2.54. The number of fused-ring (bicyclic) bond motifs is 1. The number of hydrogen-bond donors (Lipinski definition) is 0. The van der Waals surface area contributed by atoms with Crippen LogP contribution in [0, 0.1) is 0 Å². The van der Waals surface area contributed by atoms with Gasteiger partial charge in [-0.3, -0.25) is 4.79 Å². The first kappa shape index (κ1) is 23.3. The van der Waals surface area contributed by atoms with E-state index in [-0.39, 0.29) is 10.8 Å². The minimum absolute atomic E-state index is 0.127.